The van der Waals surface area contributed by atoms with Crippen LogP contribution in [0.2, 0.25) is 0 Å². The lowest BCUT2D eigenvalue weighted by Gasteiger charge is -2.23. The molecule has 0 spiro atoms. The van der Waals surface area contributed by atoms with Crippen LogP contribution >= 0.6 is 0 Å². The lowest BCUT2D eigenvalue weighted by Crippen LogP contribution is -2.35. The molecule has 0 saturated heterocycles. The average molecular weight is 713 g/mol. The lowest BCUT2D eigenvalue weighted by atomic mass is 9.94. The minimum absolute atomic E-state index is 0.0752. The number of aromatic amines is 1. The van der Waals surface area contributed by atoms with Crippen LogP contribution in [-0.2, 0) is 29.9 Å². The molecule has 5 aromatic rings. The minimum atomic E-state index is -5.07. The molecule has 3 N–H and O–H groups in total. The van der Waals surface area contributed by atoms with E-state index < -0.39 is 76.6 Å². The summed E-state index contributed by atoms with van der Waals surface area (Å²) in [6.45, 7) is 4.25. The van der Waals surface area contributed by atoms with Crippen molar-refractivity contribution in [3.05, 3.63) is 100 Å². The molecule has 1 aliphatic rings. The Bertz CT molecular complexity index is 2190. The molecule has 4 heterocycles. The third-order valence-electron chi connectivity index (χ3n) is 8.80. The number of hydrogen-bond acceptors (Lipinski definition) is 5. The smallest absolute Gasteiger partial charge is 0.378 e. The van der Waals surface area contributed by atoms with Gasteiger partial charge in [-0.05, 0) is 74.1 Å². The predicted octanol–water partition coefficient (Wildman–Crippen LogP) is 7.19. The fraction of sp³-hybridized carbons (Fsp3) is 0.333. The summed E-state index contributed by atoms with van der Waals surface area (Å²) in [6.07, 6.45) is -2.16. The second-order valence-corrected chi connectivity index (χ2v) is 13.1. The maximum absolute atomic E-state index is 15.4. The summed E-state index contributed by atoms with van der Waals surface area (Å²) >= 11 is 0. The molecule has 1 aromatic carbocycles. The van der Waals surface area contributed by atoms with Crippen molar-refractivity contribution in [2.24, 2.45) is 5.92 Å². The van der Waals surface area contributed by atoms with Crippen LogP contribution in [0, 0.1) is 29.4 Å². The highest BCUT2D eigenvalue weighted by atomic mass is 19.4. The Balaban J connectivity index is 1.47. The minimum Gasteiger partial charge on any atom is -0.378 e. The summed E-state index contributed by atoms with van der Waals surface area (Å²) in [6, 6.07) is 8.20. The Kier molecular flexibility index (Phi) is 8.95. The van der Waals surface area contributed by atoms with Gasteiger partial charge in [0.05, 0.1) is 11.7 Å². The van der Waals surface area contributed by atoms with Crippen molar-refractivity contribution < 1.29 is 40.6 Å². The Hall–Kier alpha value is -5.23. The first-order valence-electron chi connectivity index (χ1n) is 15.8. The fourth-order valence-electron chi connectivity index (χ4n) is 6.28. The van der Waals surface area contributed by atoms with Crippen molar-refractivity contribution in [1.82, 2.24) is 30.0 Å². The Morgan fingerprint density at radius 3 is 2.47 bits per heavy atom. The van der Waals surface area contributed by atoms with Gasteiger partial charge in [-0.15, -0.1) is 0 Å². The number of amides is 1. The summed E-state index contributed by atoms with van der Waals surface area (Å²) in [5, 5.41) is 17.0. The molecule has 266 valence electrons. The number of carbonyl (C=O) groups is 1. The van der Waals surface area contributed by atoms with Gasteiger partial charge in [0, 0.05) is 46.5 Å². The predicted molar refractivity (Wildman–Crippen MR) is 172 cm³/mol. The van der Waals surface area contributed by atoms with Gasteiger partial charge >= 0.3 is 6.18 Å². The molecule has 8 nitrogen and oxygen atoms in total. The van der Waals surface area contributed by atoms with Crippen molar-refractivity contribution in [3.63, 3.8) is 0 Å². The highest BCUT2D eigenvalue weighted by molar-refractivity contribution is 5.82. The van der Waals surface area contributed by atoms with Gasteiger partial charge in [0.15, 0.2) is 5.69 Å². The second-order valence-electron chi connectivity index (χ2n) is 13.1. The van der Waals surface area contributed by atoms with E-state index in [0.29, 0.717) is 27.5 Å². The number of hydrogen-bond donors (Lipinski definition) is 3. The SMILES string of the molecule is C[C@@H]1c2c(C(F)(F)F)nn(CC(=O)N[C@@H](Cc3cc(F)cc(F)c3)c3nc(C#CC(C)(C)O)ccc3-c3cnc4[nH]ccc4c3)c2C(F)(F)[C@@H]1C. The molecule has 0 aliphatic heterocycles. The van der Waals surface area contributed by atoms with Gasteiger partial charge in [-0.2, -0.15) is 27.1 Å². The van der Waals surface area contributed by atoms with E-state index in [2.05, 4.69) is 37.2 Å². The molecule has 0 radical (unpaired) electrons. The third kappa shape index (κ3) is 7.18. The molecule has 15 heteroatoms. The topological polar surface area (TPSA) is 109 Å². The van der Waals surface area contributed by atoms with Gasteiger partial charge in [0.2, 0.25) is 5.91 Å². The van der Waals surface area contributed by atoms with Gasteiger partial charge in [0.25, 0.3) is 5.92 Å². The zero-order valence-corrected chi connectivity index (χ0v) is 27.6. The van der Waals surface area contributed by atoms with Gasteiger partial charge in [0.1, 0.15) is 40.8 Å². The normalized spacial score (nSPS) is 17.6. The van der Waals surface area contributed by atoms with Crippen molar-refractivity contribution in [2.75, 3.05) is 0 Å². The Labute approximate surface area is 287 Å². The van der Waals surface area contributed by atoms with E-state index in [-0.39, 0.29) is 23.4 Å². The molecular weight excluding hydrogens is 681 g/mol. The van der Waals surface area contributed by atoms with Crippen LogP contribution in [0.5, 0.6) is 0 Å². The average Bonchev–Trinajstić information content (AvgIpc) is 3.70. The number of aromatic nitrogens is 5. The first-order valence-corrected chi connectivity index (χ1v) is 15.8. The molecule has 1 amide bonds. The molecular formula is C36H31F7N6O2. The Morgan fingerprint density at radius 2 is 1.80 bits per heavy atom. The number of H-pyrrole nitrogens is 1. The van der Waals surface area contributed by atoms with Crippen LogP contribution in [0.1, 0.15) is 73.6 Å². The molecule has 6 rings (SSSR count). The zero-order chi connectivity index (χ0) is 37.0. The maximum atomic E-state index is 15.4. The number of fused-ring (bicyclic) bond motifs is 2. The van der Waals surface area contributed by atoms with E-state index in [1.165, 1.54) is 27.0 Å². The quantitative estimate of drug-likeness (QED) is 0.122. The molecule has 0 unspecified atom stereocenters. The number of alkyl halides is 5. The van der Waals surface area contributed by atoms with E-state index >= 15 is 8.78 Å². The number of aliphatic hydroxyl groups is 1. The largest absolute Gasteiger partial charge is 0.435 e. The number of nitrogens with zero attached hydrogens (tertiary/aromatic N) is 4. The first-order chi connectivity index (χ1) is 23.8. The van der Waals surface area contributed by atoms with Gasteiger partial charge in [-0.25, -0.2) is 18.7 Å². The number of pyridine rings is 2. The van der Waals surface area contributed by atoms with E-state index in [4.69, 9.17) is 0 Å². The lowest BCUT2D eigenvalue weighted by molar-refractivity contribution is -0.143. The molecule has 51 heavy (non-hydrogen) atoms. The standard InChI is InChI=1S/C36H31F7N6O2/c1-18-19(2)35(39,40)32-29(18)31(36(41,42)43)48-49(32)17-28(50)47-27(13-20-11-23(37)15-24(38)12-20)30-26(6-5-25(46-30)7-9-34(3,4)51)22-14-21-8-10-44-33(21)45-16-22/h5-6,8,10-12,14-16,18-19,27,51H,13,17H2,1-4H3,(H,44,45)(H,47,50)/t18-,19+,27-/m0/s1. The summed E-state index contributed by atoms with van der Waals surface area (Å²) in [5.41, 5.74) is -2.77. The summed E-state index contributed by atoms with van der Waals surface area (Å²) < 4.78 is 102. The molecule has 0 fully saturated rings. The molecule has 1 aliphatic carbocycles. The number of benzene rings is 1. The number of nitrogens with one attached hydrogen (secondary N) is 2. The van der Waals surface area contributed by atoms with Gasteiger partial charge in [-0.3, -0.25) is 9.48 Å². The molecule has 0 saturated carbocycles. The van der Waals surface area contributed by atoms with Crippen molar-refractivity contribution in [3.8, 4) is 23.0 Å². The molecule has 0 bridgehead atoms. The van der Waals surface area contributed by atoms with E-state index in [9.17, 15) is 31.9 Å². The van der Waals surface area contributed by atoms with Crippen LogP contribution in [0.15, 0.2) is 54.9 Å². The number of rotatable bonds is 7. The summed E-state index contributed by atoms with van der Waals surface area (Å²) in [5.74, 6) is -3.88. The maximum Gasteiger partial charge on any atom is 0.435 e. The van der Waals surface area contributed by atoms with Crippen LogP contribution < -0.4 is 5.32 Å². The zero-order valence-electron chi connectivity index (χ0n) is 27.6. The molecule has 4 aromatic heterocycles. The second kappa shape index (κ2) is 12.8. The number of carbonyl (C=O) groups excluding carboxylic acids is 1. The van der Waals surface area contributed by atoms with E-state index in [1.807, 2.05) is 0 Å². The molecule has 3 atom stereocenters. The van der Waals surface area contributed by atoms with Crippen molar-refractivity contribution >= 4 is 16.9 Å². The number of halogens is 7. The summed E-state index contributed by atoms with van der Waals surface area (Å²) in [7, 11) is 0. The monoisotopic (exact) mass is 712 g/mol. The third-order valence-corrected chi connectivity index (χ3v) is 8.80. The van der Waals surface area contributed by atoms with Gasteiger partial charge in [-0.1, -0.05) is 19.8 Å². The van der Waals surface area contributed by atoms with E-state index in [0.717, 1.165) is 24.4 Å². The van der Waals surface area contributed by atoms with E-state index in [1.54, 1.807) is 30.5 Å². The van der Waals surface area contributed by atoms with Crippen molar-refractivity contribution in [2.45, 2.75) is 70.3 Å². The highest BCUT2D eigenvalue weighted by Crippen LogP contribution is 2.55. The van der Waals surface area contributed by atoms with Crippen molar-refractivity contribution in [1.29, 1.82) is 0 Å². The van der Waals surface area contributed by atoms with Crippen LogP contribution in [0.4, 0.5) is 30.7 Å². The van der Waals surface area contributed by atoms with Crippen LogP contribution in [0.25, 0.3) is 22.2 Å². The fourth-order valence-corrected chi connectivity index (χ4v) is 6.28. The summed E-state index contributed by atoms with van der Waals surface area (Å²) in [4.78, 5) is 25.8. The van der Waals surface area contributed by atoms with Crippen LogP contribution in [0.3, 0.4) is 0 Å². The Morgan fingerprint density at radius 1 is 1.10 bits per heavy atom. The van der Waals surface area contributed by atoms with Gasteiger partial charge < -0.3 is 15.4 Å². The highest BCUT2D eigenvalue weighted by Gasteiger charge is 2.57. The first kappa shape index (κ1) is 35.6. The van der Waals surface area contributed by atoms with Crippen LogP contribution in [-0.4, -0.2) is 41.3 Å².